The Labute approximate surface area is 323 Å². The number of nitrogens with zero attached hydrogens (tertiary/aromatic N) is 1. The predicted molar refractivity (Wildman–Crippen MR) is 207 cm³/mol. The number of anilines is 1. The van der Waals surface area contributed by atoms with Gasteiger partial charge in [-0.15, -0.1) is 0 Å². The van der Waals surface area contributed by atoms with Gasteiger partial charge in [-0.3, -0.25) is 4.79 Å². The maximum absolute atomic E-state index is 14.8. The molecule has 292 valence electrons. The Bertz CT molecular complexity index is 1960. The average molecular weight is 751 g/mol. The third kappa shape index (κ3) is 5.08. The van der Waals surface area contributed by atoms with Crippen molar-refractivity contribution < 1.29 is 28.6 Å². The quantitative estimate of drug-likeness (QED) is 0.194. The maximum Gasteiger partial charge on any atom is 0.321 e. The van der Waals surface area contributed by atoms with E-state index in [-0.39, 0.29) is 46.6 Å². The van der Waals surface area contributed by atoms with Crippen LogP contribution in [-0.2, 0) is 0 Å². The zero-order valence-electron chi connectivity index (χ0n) is 32.3. The summed E-state index contributed by atoms with van der Waals surface area (Å²) in [4.78, 5) is 31.3. The molecule has 0 saturated heterocycles. The monoisotopic (exact) mass is 750 g/mol. The van der Waals surface area contributed by atoms with Crippen LogP contribution in [0.15, 0.2) is 72.3 Å². The first-order chi connectivity index (χ1) is 26.2. The molecule has 2 amide bonds. The minimum atomic E-state index is -1.21. The summed E-state index contributed by atoms with van der Waals surface area (Å²) >= 11 is 0. The summed E-state index contributed by atoms with van der Waals surface area (Å²) in [5.41, 5.74) is -1.83. The largest absolute Gasteiger partial charge is 0.393 e. The fraction of sp³-hybridized carbons (Fsp3) is 0.617. The van der Waals surface area contributed by atoms with Crippen molar-refractivity contribution in [2.75, 3.05) is 18.4 Å². The van der Waals surface area contributed by atoms with E-state index in [9.17, 15) is 28.6 Å². The third-order valence-electron chi connectivity index (χ3n) is 17.6. The molecule has 6 bridgehead atoms. The van der Waals surface area contributed by atoms with Gasteiger partial charge in [0.15, 0.2) is 17.4 Å². The molecule has 10 aliphatic carbocycles. The Hall–Kier alpha value is -3.36. The molecule has 0 heterocycles. The van der Waals surface area contributed by atoms with E-state index >= 15 is 0 Å². The zero-order chi connectivity index (χ0) is 38.2. The van der Waals surface area contributed by atoms with Crippen LogP contribution in [0.2, 0.25) is 0 Å². The van der Waals surface area contributed by atoms with Crippen LogP contribution in [0.5, 0.6) is 0 Å². The number of amides is 2. The standard InChI is InChI=1S/C47H56F2N2O4/c1-42-13-10-34(52)25-45(42)16-17-47(35(26-45)40(53)32-8-9-36(48)37(49)21-32)38(42)11-14-43(2)39(47)12-15-46(43,55)28-51(41(54)50-33-6-4-3-5-7-33)27-44-22-29-18-30(23-44)20-31(19-29)24-44/h3-9,16-17,21,26,29-31,34,38-39,52,55H,10-15,18-20,22-25,27-28H2,1-2H3,(H,50,54)/t29?,30?,31?,34?,38-,39-,42-,43+,44?,45+,46-,47-/m1/s1. The molecule has 6 nitrogen and oxygen atoms in total. The topological polar surface area (TPSA) is 89.9 Å². The summed E-state index contributed by atoms with van der Waals surface area (Å²) in [6, 6.07) is 12.8. The van der Waals surface area contributed by atoms with Gasteiger partial charge in [-0.1, -0.05) is 50.3 Å². The number of carbonyl (C=O) groups excluding carboxylic acids is 2. The number of Topliss-reactive ketones (excluding diaryl/α,β-unsaturated/α-hetero) is 1. The van der Waals surface area contributed by atoms with Gasteiger partial charge in [0.2, 0.25) is 0 Å². The molecule has 2 aromatic carbocycles. The summed E-state index contributed by atoms with van der Waals surface area (Å²) in [6.45, 7) is 5.38. The number of aliphatic hydroxyl groups excluding tert-OH is 1. The Kier molecular flexibility index (Phi) is 7.91. The highest BCUT2D eigenvalue weighted by Crippen LogP contribution is 2.78. The van der Waals surface area contributed by atoms with Gasteiger partial charge in [0.05, 0.1) is 18.2 Å². The Morgan fingerprint density at radius 1 is 0.800 bits per heavy atom. The summed E-state index contributed by atoms with van der Waals surface area (Å²) < 4.78 is 28.9. The highest BCUT2D eigenvalue weighted by atomic mass is 19.2. The Morgan fingerprint density at radius 3 is 2.15 bits per heavy atom. The summed E-state index contributed by atoms with van der Waals surface area (Å²) in [7, 11) is 0. The molecule has 7 fully saturated rings. The van der Waals surface area contributed by atoms with E-state index in [1.54, 1.807) is 0 Å². The normalized spacial score (nSPS) is 44.4. The summed E-state index contributed by atoms with van der Waals surface area (Å²) in [6.07, 6.45) is 18.2. The number of ketones is 1. The SMILES string of the molecule is C[C@]12CC[C@H]3[C@]4(C=C[C@@]5(C=C4C(=O)c4ccc(F)c(F)c4)CC(O)CC[C@]35C)[C@@H]1CC[C@@]2(O)CN(CC12CC3CC(CC(C3)C1)C2)C(=O)Nc1ccccc1. The Morgan fingerprint density at radius 2 is 1.45 bits per heavy atom. The third-order valence-corrected chi connectivity index (χ3v) is 17.6. The fourth-order valence-corrected chi connectivity index (χ4v) is 15.5. The van der Waals surface area contributed by atoms with Gasteiger partial charge in [-0.2, -0.15) is 0 Å². The molecule has 1 unspecified atom stereocenters. The van der Waals surface area contributed by atoms with Crippen molar-refractivity contribution in [3.63, 3.8) is 0 Å². The number of para-hydroxylation sites is 1. The van der Waals surface area contributed by atoms with Crippen LogP contribution >= 0.6 is 0 Å². The van der Waals surface area contributed by atoms with Crippen molar-refractivity contribution in [3.05, 3.63) is 89.5 Å². The van der Waals surface area contributed by atoms with Crippen molar-refractivity contribution in [3.8, 4) is 0 Å². The van der Waals surface area contributed by atoms with E-state index < -0.39 is 39.6 Å². The van der Waals surface area contributed by atoms with Crippen LogP contribution in [0.1, 0.15) is 108 Å². The molecule has 0 aliphatic heterocycles. The number of allylic oxidation sites excluding steroid dienone is 4. The number of nitrogens with one attached hydrogen (secondary N) is 1. The molecule has 3 N–H and O–H groups in total. The van der Waals surface area contributed by atoms with Crippen molar-refractivity contribution in [1.82, 2.24) is 4.90 Å². The molecule has 55 heavy (non-hydrogen) atoms. The van der Waals surface area contributed by atoms with Crippen LogP contribution in [0.25, 0.3) is 0 Å². The van der Waals surface area contributed by atoms with E-state index in [4.69, 9.17) is 0 Å². The van der Waals surface area contributed by atoms with Gasteiger partial charge in [-0.25, -0.2) is 13.6 Å². The van der Waals surface area contributed by atoms with E-state index in [1.807, 2.05) is 35.2 Å². The lowest BCUT2D eigenvalue weighted by Gasteiger charge is -2.71. The van der Waals surface area contributed by atoms with Gasteiger partial charge in [0.1, 0.15) is 0 Å². The van der Waals surface area contributed by atoms with Gasteiger partial charge >= 0.3 is 6.03 Å². The molecule has 0 aromatic heterocycles. The zero-order valence-corrected chi connectivity index (χ0v) is 32.3. The second kappa shape index (κ2) is 12.1. The number of carbonyl (C=O) groups is 2. The predicted octanol–water partition coefficient (Wildman–Crippen LogP) is 9.49. The molecule has 7 saturated carbocycles. The number of hydrogen-bond acceptors (Lipinski definition) is 4. The van der Waals surface area contributed by atoms with Gasteiger partial charge in [0.25, 0.3) is 0 Å². The molecule has 8 heteroatoms. The molecule has 2 spiro atoms. The first-order valence-electron chi connectivity index (χ1n) is 21.2. The van der Waals surface area contributed by atoms with Gasteiger partial charge < -0.3 is 20.4 Å². The number of hydrogen-bond donors (Lipinski definition) is 3. The maximum atomic E-state index is 14.8. The lowest BCUT2D eigenvalue weighted by Crippen LogP contribution is -2.67. The molecule has 8 atom stereocenters. The van der Waals surface area contributed by atoms with E-state index in [1.165, 1.54) is 25.3 Å². The second-order valence-electron chi connectivity index (χ2n) is 20.3. The summed E-state index contributed by atoms with van der Waals surface area (Å²) in [5, 5.41) is 27.6. The van der Waals surface area contributed by atoms with Crippen LogP contribution in [-0.4, -0.2) is 51.7 Å². The van der Waals surface area contributed by atoms with Crippen LogP contribution in [0, 0.1) is 68.3 Å². The van der Waals surface area contributed by atoms with Crippen molar-refractivity contribution in [1.29, 1.82) is 0 Å². The van der Waals surface area contributed by atoms with E-state index in [0.29, 0.717) is 37.8 Å². The lowest BCUT2D eigenvalue weighted by atomic mass is 9.32. The fourth-order valence-electron chi connectivity index (χ4n) is 15.5. The highest BCUT2D eigenvalue weighted by molar-refractivity contribution is 6.10. The first-order valence-corrected chi connectivity index (χ1v) is 21.2. The average Bonchev–Trinajstić information content (AvgIpc) is 3.41. The second-order valence-corrected chi connectivity index (χ2v) is 20.3. The number of halogens is 2. The molecular formula is C47H56F2N2O4. The molecular weight excluding hydrogens is 695 g/mol. The minimum Gasteiger partial charge on any atom is -0.393 e. The van der Waals surface area contributed by atoms with Crippen molar-refractivity contribution >= 4 is 17.5 Å². The minimum absolute atomic E-state index is 0.0664. The number of fused-ring (bicyclic) bond motifs is 1. The van der Waals surface area contributed by atoms with Crippen molar-refractivity contribution in [2.24, 2.45) is 56.7 Å². The highest BCUT2D eigenvalue weighted by Gasteiger charge is 2.74. The van der Waals surface area contributed by atoms with Crippen molar-refractivity contribution in [2.45, 2.75) is 109 Å². The lowest BCUT2D eigenvalue weighted by molar-refractivity contribution is -0.176. The van der Waals surface area contributed by atoms with E-state index in [0.717, 1.165) is 74.1 Å². The first kappa shape index (κ1) is 36.0. The molecule has 10 aliphatic rings. The van der Waals surface area contributed by atoms with Gasteiger partial charge in [0, 0.05) is 39.6 Å². The van der Waals surface area contributed by atoms with Crippen LogP contribution < -0.4 is 5.32 Å². The Balaban J connectivity index is 1.03. The van der Waals surface area contributed by atoms with E-state index in [2.05, 4.69) is 37.4 Å². The number of urea groups is 1. The number of rotatable bonds is 7. The smallest absolute Gasteiger partial charge is 0.321 e. The molecule has 0 radical (unpaired) electrons. The molecule has 12 rings (SSSR count). The summed E-state index contributed by atoms with van der Waals surface area (Å²) in [5.74, 6) is -0.219. The number of aliphatic hydroxyl groups is 2. The number of benzene rings is 2. The van der Waals surface area contributed by atoms with Crippen LogP contribution in [0.4, 0.5) is 19.3 Å². The van der Waals surface area contributed by atoms with Crippen LogP contribution in [0.3, 0.4) is 0 Å². The molecule has 2 aromatic rings. The van der Waals surface area contributed by atoms with Gasteiger partial charge in [-0.05, 0) is 154 Å².